The van der Waals surface area contributed by atoms with Gasteiger partial charge in [-0.25, -0.2) is 0 Å². The summed E-state index contributed by atoms with van der Waals surface area (Å²) in [4.78, 5) is 5.03. The standard InChI is InChI=1S/C11H12N2O/c1-2-11(8-12)13-14-9-10-6-4-3-5-7-10/h3-7H,2,9H2,1H3/b13-11-. The largest absolute Gasteiger partial charge is 0.390 e. The van der Waals surface area contributed by atoms with Crippen LogP contribution in [0.2, 0.25) is 0 Å². The highest BCUT2D eigenvalue weighted by Gasteiger charge is 1.93. The Bertz CT molecular complexity index is 338. The molecule has 0 bridgehead atoms. The lowest BCUT2D eigenvalue weighted by molar-refractivity contribution is 0.130. The molecule has 3 heteroatoms. The van der Waals surface area contributed by atoms with E-state index in [-0.39, 0.29) is 0 Å². The van der Waals surface area contributed by atoms with Gasteiger partial charge in [-0.15, -0.1) is 0 Å². The van der Waals surface area contributed by atoms with Crippen LogP contribution in [0.5, 0.6) is 0 Å². The molecule has 0 amide bonds. The van der Waals surface area contributed by atoms with Crippen molar-refractivity contribution in [3.63, 3.8) is 0 Å². The van der Waals surface area contributed by atoms with Crippen molar-refractivity contribution < 1.29 is 4.84 Å². The lowest BCUT2D eigenvalue weighted by atomic mass is 10.2. The Morgan fingerprint density at radius 1 is 1.43 bits per heavy atom. The fraction of sp³-hybridized carbons (Fsp3) is 0.273. The van der Waals surface area contributed by atoms with Crippen LogP contribution < -0.4 is 0 Å². The molecule has 0 aliphatic carbocycles. The smallest absolute Gasteiger partial charge is 0.156 e. The zero-order valence-corrected chi connectivity index (χ0v) is 8.10. The van der Waals surface area contributed by atoms with E-state index in [9.17, 15) is 0 Å². The molecule has 0 fully saturated rings. The maximum atomic E-state index is 8.56. The number of oxime groups is 1. The molecule has 1 aromatic rings. The quantitative estimate of drug-likeness (QED) is 0.538. The monoisotopic (exact) mass is 188 g/mol. The summed E-state index contributed by atoms with van der Waals surface area (Å²) in [6.07, 6.45) is 0.602. The SMILES string of the molecule is CC/C(C#N)=N/OCc1ccccc1. The Morgan fingerprint density at radius 3 is 2.71 bits per heavy atom. The molecule has 0 N–H and O–H groups in total. The molecule has 72 valence electrons. The van der Waals surface area contributed by atoms with Crippen molar-refractivity contribution in [1.29, 1.82) is 5.26 Å². The first-order chi connectivity index (χ1) is 6.86. The minimum Gasteiger partial charge on any atom is -0.390 e. The van der Waals surface area contributed by atoms with Crippen molar-refractivity contribution in [2.75, 3.05) is 0 Å². The fourth-order valence-electron chi connectivity index (χ4n) is 0.923. The maximum absolute atomic E-state index is 8.56. The predicted octanol–water partition coefficient (Wildman–Crippen LogP) is 2.49. The molecular weight excluding hydrogens is 176 g/mol. The minimum atomic E-state index is 0.409. The van der Waals surface area contributed by atoms with Crippen molar-refractivity contribution in [2.45, 2.75) is 20.0 Å². The van der Waals surface area contributed by atoms with Crippen molar-refractivity contribution in [2.24, 2.45) is 5.16 Å². The molecule has 0 aliphatic heterocycles. The number of rotatable bonds is 4. The maximum Gasteiger partial charge on any atom is 0.156 e. The molecule has 0 aliphatic rings. The highest BCUT2D eigenvalue weighted by Crippen LogP contribution is 2.00. The van der Waals surface area contributed by atoms with Crippen LogP contribution in [0.3, 0.4) is 0 Å². The molecule has 0 saturated heterocycles. The van der Waals surface area contributed by atoms with Gasteiger partial charge in [-0.3, -0.25) is 0 Å². The second-order valence-electron chi connectivity index (χ2n) is 2.76. The number of nitriles is 1. The van der Waals surface area contributed by atoms with Gasteiger partial charge in [-0.2, -0.15) is 5.26 Å². The van der Waals surface area contributed by atoms with E-state index in [0.717, 1.165) is 5.56 Å². The third kappa shape index (κ3) is 3.28. The van der Waals surface area contributed by atoms with E-state index in [1.165, 1.54) is 0 Å². The minimum absolute atomic E-state index is 0.409. The average Bonchev–Trinajstić information content (AvgIpc) is 2.26. The van der Waals surface area contributed by atoms with Gasteiger partial charge in [-0.1, -0.05) is 42.4 Å². The molecule has 0 spiro atoms. The molecule has 1 rings (SSSR count). The number of hydrogen-bond acceptors (Lipinski definition) is 3. The van der Waals surface area contributed by atoms with Crippen LogP contribution in [-0.4, -0.2) is 5.71 Å². The van der Waals surface area contributed by atoms with Crippen molar-refractivity contribution in [1.82, 2.24) is 0 Å². The summed E-state index contributed by atoms with van der Waals surface area (Å²) in [6.45, 7) is 2.28. The molecule has 0 atom stereocenters. The number of benzene rings is 1. The summed E-state index contributed by atoms with van der Waals surface area (Å²) >= 11 is 0. The molecule has 1 aromatic carbocycles. The Balaban J connectivity index is 2.43. The lowest BCUT2D eigenvalue weighted by Gasteiger charge is -1.99. The molecule has 0 heterocycles. The summed E-state index contributed by atoms with van der Waals surface area (Å²) in [7, 11) is 0. The number of nitrogens with zero attached hydrogens (tertiary/aromatic N) is 2. The van der Waals surface area contributed by atoms with Crippen LogP contribution in [0.25, 0.3) is 0 Å². The van der Waals surface area contributed by atoms with Gasteiger partial charge in [0.05, 0.1) is 0 Å². The third-order valence-electron chi connectivity index (χ3n) is 1.71. The normalized spacial score (nSPS) is 10.7. The van der Waals surface area contributed by atoms with Crippen LogP contribution in [0, 0.1) is 11.3 Å². The molecule has 0 saturated carbocycles. The van der Waals surface area contributed by atoms with E-state index in [0.29, 0.717) is 18.7 Å². The van der Waals surface area contributed by atoms with Crippen molar-refractivity contribution >= 4 is 5.71 Å². The summed E-state index contributed by atoms with van der Waals surface area (Å²) in [5.74, 6) is 0. The van der Waals surface area contributed by atoms with Crippen LogP contribution >= 0.6 is 0 Å². The Morgan fingerprint density at radius 2 is 2.14 bits per heavy atom. The molecule has 3 nitrogen and oxygen atoms in total. The van der Waals surface area contributed by atoms with E-state index in [1.807, 2.05) is 43.3 Å². The second kappa shape index (κ2) is 5.76. The van der Waals surface area contributed by atoms with Gasteiger partial charge in [0.2, 0.25) is 0 Å². The van der Waals surface area contributed by atoms with Gasteiger partial charge in [-0.05, 0) is 5.56 Å². The van der Waals surface area contributed by atoms with Crippen LogP contribution in [0.4, 0.5) is 0 Å². The Hall–Kier alpha value is -1.82. The van der Waals surface area contributed by atoms with E-state index < -0.39 is 0 Å². The molecule has 14 heavy (non-hydrogen) atoms. The van der Waals surface area contributed by atoms with Crippen LogP contribution in [-0.2, 0) is 11.4 Å². The Labute approximate surface area is 83.6 Å². The van der Waals surface area contributed by atoms with E-state index in [1.54, 1.807) is 0 Å². The molecule has 0 unspecified atom stereocenters. The van der Waals surface area contributed by atoms with Crippen molar-refractivity contribution in [3.8, 4) is 6.07 Å². The highest BCUT2D eigenvalue weighted by molar-refractivity contribution is 5.97. The van der Waals surface area contributed by atoms with E-state index in [4.69, 9.17) is 10.1 Å². The number of hydrogen-bond donors (Lipinski definition) is 0. The third-order valence-corrected chi connectivity index (χ3v) is 1.71. The van der Waals surface area contributed by atoms with Gasteiger partial charge in [0.15, 0.2) is 5.71 Å². The van der Waals surface area contributed by atoms with E-state index in [2.05, 4.69) is 5.16 Å². The summed E-state index contributed by atoms with van der Waals surface area (Å²) in [5, 5.41) is 12.3. The predicted molar refractivity (Wildman–Crippen MR) is 54.6 cm³/mol. The van der Waals surface area contributed by atoms with Crippen LogP contribution in [0.15, 0.2) is 35.5 Å². The fourth-order valence-corrected chi connectivity index (χ4v) is 0.923. The zero-order chi connectivity index (χ0) is 10.2. The van der Waals surface area contributed by atoms with Gasteiger partial charge in [0, 0.05) is 6.42 Å². The Kier molecular flexibility index (Phi) is 4.22. The topological polar surface area (TPSA) is 45.4 Å². The second-order valence-corrected chi connectivity index (χ2v) is 2.76. The molecule has 0 radical (unpaired) electrons. The van der Waals surface area contributed by atoms with Crippen molar-refractivity contribution in [3.05, 3.63) is 35.9 Å². The van der Waals surface area contributed by atoms with Gasteiger partial charge in [0.25, 0.3) is 0 Å². The van der Waals surface area contributed by atoms with Gasteiger partial charge >= 0.3 is 0 Å². The zero-order valence-electron chi connectivity index (χ0n) is 8.10. The first-order valence-corrected chi connectivity index (χ1v) is 4.49. The lowest BCUT2D eigenvalue weighted by Crippen LogP contribution is -1.94. The summed E-state index contributed by atoms with van der Waals surface area (Å²) in [6, 6.07) is 11.7. The first-order valence-electron chi connectivity index (χ1n) is 4.49. The van der Waals surface area contributed by atoms with Crippen LogP contribution in [0.1, 0.15) is 18.9 Å². The van der Waals surface area contributed by atoms with Gasteiger partial charge < -0.3 is 4.84 Å². The highest BCUT2D eigenvalue weighted by atomic mass is 16.6. The first kappa shape index (κ1) is 10.3. The molecular formula is C11H12N2O. The van der Waals surface area contributed by atoms with Gasteiger partial charge in [0.1, 0.15) is 12.7 Å². The summed E-state index contributed by atoms with van der Waals surface area (Å²) in [5.41, 5.74) is 1.46. The summed E-state index contributed by atoms with van der Waals surface area (Å²) < 4.78 is 0. The molecule has 0 aromatic heterocycles. The van der Waals surface area contributed by atoms with E-state index >= 15 is 0 Å². The average molecular weight is 188 g/mol.